The minimum Gasteiger partial charge on any atom is -0.508 e. The molecule has 32 heavy (non-hydrogen) atoms. The Kier molecular flexibility index (Phi) is 6.32. The smallest absolute Gasteiger partial charge is 0.204 e. The molecule has 0 fully saturated rings. The largest absolute Gasteiger partial charge is 0.508 e. The van der Waals surface area contributed by atoms with Gasteiger partial charge in [0.1, 0.15) is 40.2 Å². The fourth-order valence-corrected chi connectivity index (χ4v) is 3.40. The lowest BCUT2D eigenvalue weighted by atomic mass is 9.96. The van der Waals surface area contributed by atoms with E-state index in [-0.39, 0.29) is 63.3 Å². The van der Waals surface area contributed by atoms with Gasteiger partial charge in [-0.15, -0.1) is 0 Å². The Hall–Kier alpha value is -3.71. The van der Waals surface area contributed by atoms with Crippen molar-refractivity contribution in [2.24, 2.45) is 0 Å². The number of phenolic OH excluding ortho intramolecular Hbond substituents is 4. The molecule has 0 spiro atoms. The van der Waals surface area contributed by atoms with Gasteiger partial charge in [0, 0.05) is 29.2 Å². The summed E-state index contributed by atoms with van der Waals surface area (Å²) in [6, 6.07) is 3.95. The molecule has 7 nitrogen and oxygen atoms in total. The molecule has 1 heterocycles. The van der Waals surface area contributed by atoms with Crippen LogP contribution in [0.3, 0.4) is 0 Å². The maximum atomic E-state index is 13.3. The molecule has 0 radical (unpaired) electrons. The lowest BCUT2D eigenvalue weighted by Crippen LogP contribution is -2.12. The molecule has 3 aromatic rings. The van der Waals surface area contributed by atoms with Crippen molar-refractivity contribution < 1.29 is 29.9 Å². The summed E-state index contributed by atoms with van der Waals surface area (Å²) in [6.45, 7) is 9.02. The summed E-state index contributed by atoms with van der Waals surface area (Å²) in [6.07, 6.45) is 2.04. The third kappa shape index (κ3) is 4.20. The Bertz CT molecular complexity index is 1290. The van der Waals surface area contributed by atoms with E-state index in [0.717, 1.165) is 11.8 Å². The highest BCUT2D eigenvalue weighted by molar-refractivity contribution is 5.90. The van der Waals surface area contributed by atoms with Crippen molar-refractivity contribution >= 4 is 11.0 Å². The second kappa shape index (κ2) is 8.80. The molecule has 0 aliphatic heterocycles. The first-order chi connectivity index (χ1) is 15.0. The van der Waals surface area contributed by atoms with Gasteiger partial charge in [0.2, 0.25) is 5.43 Å². The standard InChI is InChI=1S/C25H26O7/c1-12(2)5-6-15-18(26)8-7-14(23(15)29)17-11-32-21-10-20(28)16(9-19(27)13(3)4)24(30)22(21)25(17)31/h5,7-8,10-11,19,26-30H,3,6,9H2,1-2,4H3. The first-order valence-corrected chi connectivity index (χ1v) is 10.0. The Morgan fingerprint density at radius 2 is 1.72 bits per heavy atom. The van der Waals surface area contributed by atoms with Gasteiger partial charge in [0.25, 0.3) is 0 Å². The molecule has 3 rings (SSSR count). The molecule has 0 bridgehead atoms. The molecule has 0 saturated carbocycles. The Morgan fingerprint density at radius 1 is 1.03 bits per heavy atom. The third-order valence-electron chi connectivity index (χ3n) is 5.35. The number of phenols is 4. The lowest BCUT2D eigenvalue weighted by molar-refractivity contribution is 0.209. The van der Waals surface area contributed by atoms with E-state index in [1.54, 1.807) is 6.92 Å². The molecule has 1 aromatic heterocycles. The van der Waals surface area contributed by atoms with Crippen molar-refractivity contribution in [3.63, 3.8) is 0 Å². The summed E-state index contributed by atoms with van der Waals surface area (Å²) in [5, 5.41) is 51.9. The Morgan fingerprint density at radius 3 is 2.34 bits per heavy atom. The number of benzene rings is 2. The van der Waals surface area contributed by atoms with Crippen LogP contribution >= 0.6 is 0 Å². The van der Waals surface area contributed by atoms with Gasteiger partial charge in [-0.05, 0) is 39.3 Å². The zero-order chi connectivity index (χ0) is 23.7. The molecule has 7 heteroatoms. The van der Waals surface area contributed by atoms with Gasteiger partial charge in [-0.1, -0.05) is 23.8 Å². The van der Waals surface area contributed by atoms with Crippen LogP contribution in [0.2, 0.25) is 0 Å². The number of rotatable bonds is 6. The van der Waals surface area contributed by atoms with Crippen LogP contribution < -0.4 is 5.43 Å². The lowest BCUT2D eigenvalue weighted by Gasteiger charge is -2.15. The topological polar surface area (TPSA) is 131 Å². The second-order valence-corrected chi connectivity index (χ2v) is 8.09. The highest BCUT2D eigenvalue weighted by Crippen LogP contribution is 2.40. The molecule has 2 aromatic carbocycles. The van der Waals surface area contributed by atoms with Gasteiger partial charge in [0.15, 0.2) is 0 Å². The maximum Gasteiger partial charge on any atom is 0.204 e. The van der Waals surface area contributed by atoms with Crippen LogP contribution in [0.5, 0.6) is 23.0 Å². The van der Waals surface area contributed by atoms with Crippen molar-refractivity contribution in [3.05, 3.63) is 69.6 Å². The van der Waals surface area contributed by atoms with E-state index in [1.165, 1.54) is 18.2 Å². The molecule has 1 atom stereocenters. The maximum absolute atomic E-state index is 13.3. The molecular formula is C25H26O7. The molecule has 0 amide bonds. The van der Waals surface area contributed by atoms with Crippen molar-refractivity contribution in [1.82, 2.24) is 0 Å². The Labute approximate surface area is 184 Å². The summed E-state index contributed by atoms with van der Waals surface area (Å²) in [5.74, 6) is -1.23. The van der Waals surface area contributed by atoms with Gasteiger partial charge in [0.05, 0.1) is 11.7 Å². The van der Waals surface area contributed by atoms with E-state index < -0.39 is 17.3 Å². The highest BCUT2D eigenvalue weighted by Gasteiger charge is 2.23. The van der Waals surface area contributed by atoms with Gasteiger partial charge in [-0.3, -0.25) is 4.79 Å². The number of aliphatic hydroxyl groups excluding tert-OH is 1. The average Bonchev–Trinajstić information content (AvgIpc) is 2.71. The fourth-order valence-electron chi connectivity index (χ4n) is 3.40. The predicted octanol–water partition coefficient (Wildman–Crippen LogP) is 4.27. The number of allylic oxidation sites excluding steroid dienone is 2. The zero-order valence-electron chi connectivity index (χ0n) is 18.1. The number of aromatic hydroxyl groups is 4. The summed E-state index contributed by atoms with van der Waals surface area (Å²) in [4.78, 5) is 13.3. The quantitative estimate of drug-likeness (QED) is 0.363. The van der Waals surface area contributed by atoms with Gasteiger partial charge < -0.3 is 29.9 Å². The highest BCUT2D eigenvalue weighted by atomic mass is 16.3. The van der Waals surface area contributed by atoms with Crippen LogP contribution in [0.1, 0.15) is 31.9 Å². The van der Waals surface area contributed by atoms with E-state index in [4.69, 9.17) is 4.42 Å². The zero-order valence-corrected chi connectivity index (χ0v) is 18.1. The summed E-state index contributed by atoms with van der Waals surface area (Å²) < 4.78 is 5.48. The van der Waals surface area contributed by atoms with Gasteiger partial charge in [-0.25, -0.2) is 0 Å². The SMILES string of the molecule is C=C(C)C(O)Cc1c(O)cc2occ(-c3ccc(O)c(CC=C(C)C)c3O)c(=O)c2c1O. The van der Waals surface area contributed by atoms with E-state index in [2.05, 4.69) is 6.58 Å². The predicted molar refractivity (Wildman–Crippen MR) is 122 cm³/mol. The third-order valence-corrected chi connectivity index (χ3v) is 5.35. The van der Waals surface area contributed by atoms with Crippen LogP contribution in [0, 0.1) is 0 Å². The van der Waals surface area contributed by atoms with E-state index >= 15 is 0 Å². The summed E-state index contributed by atoms with van der Waals surface area (Å²) >= 11 is 0. The number of aliphatic hydroxyl groups is 1. The molecule has 0 aliphatic rings. The summed E-state index contributed by atoms with van der Waals surface area (Å²) in [7, 11) is 0. The van der Waals surface area contributed by atoms with Crippen molar-refractivity contribution in [2.45, 2.75) is 39.7 Å². The molecule has 0 aliphatic carbocycles. The van der Waals surface area contributed by atoms with Crippen LogP contribution in [-0.4, -0.2) is 31.6 Å². The monoisotopic (exact) mass is 438 g/mol. The molecule has 5 N–H and O–H groups in total. The average molecular weight is 438 g/mol. The van der Waals surface area contributed by atoms with E-state index in [1.807, 2.05) is 19.9 Å². The van der Waals surface area contributed by atoms with Crippen molar-refractivity contribution in [3.8, 4) is 34.1 Å². The number of hydrogen-bond acceptors (Lipinski definition) is 7. The van der Waals surface area contributed by atoms with Gasteiger partial charge >= 0.3 is 0 Å². The van der Waals surface area contributed by atoms with Crippen LogP contribution in [-0.2, 0) is 12.8 Å². The van der Waals surface area contributed by atoms with E-state index in [9.17, 15) is 30.3 Å². The fraction of sp³-hybridized carbons (Fsp3) is 0.240. The van der Waals surface area contributed by atoms with Crippen LogP contribution in [0.15, 0.2) is 57.5 Å². The van der Waals surface area contributed by atoms with Crippen LogP contribution in [0.4, 0.5) is 0 Å². The number of hydrogen-bond donors (Lipinski definition) is 5. The van der Waals surface area contributed by atoms with Gasteiger partial charge in [-0.2, -0.15) is 0 Å². The molecular weight excluding hydrogens is 412 g/mol. The summed E-state index contributed by atoms with van der Waals surface area (Å²) in [5.41, 5.74) is 1.08. The normalized spacial score (nSPS) is 12.0. The Balaban J connectivity index is 2.23. The molecule has 1 unspecified atom stereocenters. The minimum atomic E-state index is -1.03. The minimum absolute atomic E-state index is 0.0170. The molecule has 168 valence electrons. The van der Waals surface area contributed by atoms with Crippen molar-refractivity contribution in [1.29, 1.82) is 0 Å². The van der Waals surface area contributed by atoms with Crippen LogP contribution in [0.25, 0.3) is 22.1 Å². The first kappa shape index (κ1) is 23.0. The van der Waals surface area contributed by atoms with E-state index in [0.29, 0.717) is 5.57 Å². The second-order valence-electron chi connectivity index (χ2n) is 8.09. The molecule has 0 saturated heterocycles. The van der Waals surface area contributed by atoms with Crippen molar-refractivity contribution in [2.75, 3.05) is 0 Å². The number of fused-ring (bicyclic) bond motifs is 1. The first-order valence-electron chi connectivity index (χ1n) is 10.0.